The Morgan fingerprint density at radius 2 is 0.850 bits per heavy atom. The van der Waals surface area contributed by atoms with Gasteiger partial charge in [0.25, 0.3) is 0 Å². The van der Waals surface area contributed by atoms with E-state index in [9.17, 15) is 10.5 Å². The molecule has 190 valence electrons. The number of nitriles is 2. The van der Waals surface area contributed by atoms with E-state index >= 15 is 0 Å². The van der Waals surface area contributed by atoms with Crippen LogP contribution in [0.3, 0.4) is 0 Å². The Hall–Kier alpha value is -5.84. The second kappa shape index (κ2) is 11.7. The van der Waals surface area contributed by atoms with Crippen molar-refractivity contribution >= 4 is 35.7 Å². The molecule has 0 aliphatic heterocycles. The van der Waals surface area contributed by atoms with Gasteiger partial charge in [0.15, 0.2) is 0 Å². The lowest BCUT2D eigenvalue weighted by Crippen LogP contribution is -1.93. The summed E-state index contributed by atoms with van der Waals surface area (Å²) < 4.78 is 0. The molecule has 0 aliphatic carbocycles. The Morgan fingerprint density at radius 1 is 0.450 bits per heavy atom. The highest BCUT2D eigenvalue weighted by Gasteiger charge is 2.12. The molecular formula is C36H26N4. The van der Waals surface area contributed by atoms with Crippen LogP contribution in [0, 0.1) is 22.7 Å². The van der Waals surface area contributed by atoms with E-state index in [1.807, 2.05) is 121 Å². The summed E-state index contributed by atoms with van der Waals surface area (Å²) in [6.07, 6.45) is 7.99. The van der Waals surface area contributed by atoms with Crippen LogP contribution < -0.4 is 11.5 Å². The number of rotatable bonds is 6. The summed E-state index contributed by atoms with van der Waals surface area (Å²) in [6, 6.07) is 39.4. The first-order valence-electron chi connectivity index (χ1n) is 12.8. The molecule has 0 saturated carbocycles. The fraction of sp³-hybridized carbons (Fsp3) is 0. The quantitative estimate of drug-likeness (QED) is 0.176. The molecule has 0 atom stereocenters. The highest BCUT2D eigenvalue weighted by Crippen LogP contribution is 2.36. The molecule has 40 heavy (non-hydrogen) atoms. The van der Waals surface area contributed by atoms with E-state index in [-0.39, 0.29) is 0 Å². The van der Waals surface area contributed by atoms with Gasteiger partial charge in [0, 0.05) is 11.4 Å². The van der Waals surface area contributed by atoms with Crippen LogP contribution in [0.15, 0.2) is 109 Å². The Balaban J connectivity index is 1.75. The third kappa shape index (κ3) is 5.68. The summed E-state index contributed by atoms with van der Waals surface area (Å²) in [5, 5.41) is 19.2. The Morgan fingerprint density at radius 3 is 1.25 bits per heavy atom. The van der Waals surface area contributed by atoms with E-state index in [2.05, 4.69) is 24.3 Å². The fourth-order valence-electron chi connectivity index (χ4n) is 4.67. The minimum absolute atomic E-state index is 0.607. The van der Waals surface area contributed by atoms with Crippen molar-refractivity contribution < 1.29 is 0 Å². The van der Waals surface area contributed by atoms with E-state index in [4.69, 9.17) is 11.5 Å². The second-order valence-corrected chi connectivity index (χ2v) is 9.34. The van der Waals surface area contributed by atoms with Gasteiger partial charge in [0.1, 0.15) is 0 Å². The van der Waals surface area contributed by atoms with Gasteiger partial charge in [0.2, 0.25) is 0 Å². The molecular weight excluding hydrogens is 488 g/mol. The SMILES string of the molecule is N#Cc1ccccc1/C=C/c1cc(-c2cccc(N)c2)c(/C=C/c2ccccc2C#N)cc1-c1cccc(N)c1. The summed E-state index contributed by atoms with van der Waals surface area (Å²) in [5.74, 6) is 0. The molecule has 4 N–H and O–H groups in total. The minimum Gasteiger partial charge on any atom is -0.399 e. The number of nitrogens with two attached hydrogens (primary N) is 2. The van der Waals surface area contributed by atoms with Crippen molar-refractivity contribution in [3.63, 3.8) is 0 Å². The average Bonchev–Trinajstić information content (AvgIpc) is 2.99. The zero-order valence-electron chi connectivity index (χ0n) is 21.8. The maximum Gasteiger partial charge on any atom is 0.0997 e. The van der Waals surface area contributed by atoms with Gasteiger partial charge in [-0.2, -0.15) is 10.5 Å². The molecule has 0 aromatic heterocycles. The van der Waals surface area contributed by atoms with Crippen molar-refractivity contribution in [2.24, 2.45) is 0 Å². The molecule has 0 saturated heterocycles. The molecule has 5 rings (SSSR count). The van der Waals surface area contributed by atoms with Gasteiger partial charge in [-0.15, -0.1) is 0 Å². The third-order valence-electron chi connectivity index (χ3n) is 6.66. The summed E-state index contributed by atoms with van der Waals surface area (Å²) in [4.78, 5) is 0. The molecule has 5 aromatic rings. The highest BCUT2D eigenvalue weighted by atomic mass is 14.5. The van der Waals surface area contributed by atoms with Gasteiger partial charge < -0.3 is 11.5 Å². The minimum atomic E-state index is 0.607. The maximum absolute atomic E-state index is 9.59. The molecule has 5 aromatic carbocycles. The van der Waals surface area contributed by atoms with Crippen molar-refractivity contribution in [1.82, 2.24) is 0 Å². The summed E-state index contributed by atoms with van der Waals surface area (Å²) in [7, 11) is 0. The first kappa shape index (κ1) is 25.8. The van der Waals surface area contributed by atoms with E-state index in [1.165, 1.54) is 0 Å². The Bertz CT molecular complexity index is 1710. The van der Waals surface area contributed by atoms with Crippen LogP contribution in [-0.2, 0) is 0 Å². The van der Waals surface area contributed by atoms with Gasteiger partial charge in [0.05, 0.1) is 23.3 Å². The molecule has 0 radical (unpaired) electrons. The first-order valence-corrected chi connectivity index (χ1v) is 12.8. The number of nitrogens with zero attached hydrogens (tertiary/aromatic N) is 2. The lowest BCUT2D eigenvalue weighted by molar-refractivity contribution is 1.47. The van der Waals surface area contributed by atoms with Crippen LogP contribution in [0.2, 0.25) is 0 Å². The molecule has 0 fully saturated rings. The highest BCUT2D eigenvalue weighted by molar-refractivity contribution is 5.91. The molecule has 4 heteroatoms. The zero-order chi connectivity index (χ0) is 27.9. The van der Waals surface area contributed by atoms with Crippen LogP contribution in [0.4, 0.5) is 11.4 Å². The third-order valence-corrected chi connectivity index (χ3v) is 6.66. The van der Waals surface area contributed by atoms with Crippen LogP contribution in [0.25, 0.3) is 46.6 Å². The zero-order valence-corrected chi connectivity index (χ0v) is 21.8. The van der Waals surface area contributed by atoms with E-state index < -0.39 is 0 Å². The predicted molar refractivity (Wildman–Crippen MR) is 166 cm³/mol. The number of anilines is 2. The first-order chi connectivity index (χ1) is 19.6. The molecule has 0 amide bonds. The van der Waals surface area contributed by atoms with Gasteiger partial charge >= 0.3 is 0 Å². The van der Waals surface area contributed by atoms with Crippen LogP contribution in [-0.4, -0.2) is 0 Å². The molecule has 0 spiro atoms. The van der Waals surface area contributed by atoms with E-state index in [0.29, 0.717) is 22.5 Å². The molecule has 0 aliphatic rings. The van der Waals surface area contributed by atoms with Crippen LogP contribution >= 0.6 is 0 Å². The normalized spacial score (nSPS) is 10.9. The molecule has 0 heterocycles. The molecule has 0 unspecified atom stereocenters. The lowest BCUT2D eigenvalue weighted by Gasteiger charge is -2.15. The number of hydrogen-bond acceptors (Lipinski definition) is 4. The molecule has 4 nitrogen and oxygen atoms in total. The summed E-state index contributed by atoms with van der Waals surface area (Å²) in [6.45, 7) is 0. The Labute approximate surface area is 234 Å². The standard InChI is InChI=1S/C36H26N4/c37-23-31-9-3-1-7-25(31)15-17-29-21-36(28-12-6-14-34(40)20-28)30(18-16-26-8-2-4-10-32(26)24-38)22-35(29)27-11-5-13-33(39)19-27/h1-22H,39-40H2/b17-15+,18-16+. The number of hydrogen-bond donors (Lipinski definition) is 2. The number of benzene rings is 5. The van der Waals surface area contributed by atoms with Crippen molar-refractivity contribution in [1.29, 1.82) is 10.5 Å². The lowest BCUT2D eigenvalue weighted by atomic mass is 9.89. The van der Waals surface area contributed by atoms with Gasteiger partial charge in [-0.3, -0.25) is 0 Å². The average molecular weight is 515 g/mol. The van der Waals surface area contributed by atoms with Crippen molar-refractivity contribution in [3.8, 4) is 34.4 Å². The van der Waals surface area contributed by atoms with Crippen molar-refractivity contribution in [2.75, 3.05) is 11.5 Å². The topological polar surface area (TPSA) is 99.6 Å². The van der Waals surface area contributed by atoms with E-state index in [1.54, 1.807) is 0 Å². The van der Waals surface area contributed by atoms with Crippen molar-refractivity contribution in [2.45, 2.75) is 0 Å². The monoisotopic (exact) mass is 514 g/mol. The van der Waals surface area contributed by atoms with Crippen LogP contribution in [0.5, 0.6) is 0 Å². The van der Waals surface area contributed by atoms with Gasteiger partial charge in [-0.25, -0.2) is 0 Å². The summed E-state index contributed by atoms with van der Waals surface area (Å²) in [5.41, 5.74) is 22.4. The fourth-order valence-corrected chi connectivity index (χ4v) is 4.67. The Kier molecular flexibility index (Phi) is 7.54. The van der Waals surface area contributed by atoms with E-state index in [0.717, 1.165) is 44.5 Å². The van der Waals surface area contributed by atoms with Crippen molar-refractivity contribution in [3.05, 3.63) is 143 Å². The van der Waals surface area contributed by atoms with Crippen LogP contribution in [0.1, 0.15) is 33.4 Å². The second-order valence-electron chi connectivity index (χ2n) is 9.34. The van der Waals surface area contributed by atoms with Gasteiger partial charge in [-0.1, -0.05) is 85.0 Å². The predicted octanol–water partition coefficient (Wildman–Crippen LogP) is 8.27. The largest absolute Gasteiger partial charge is 0.399 e. The summed E-state index contributed by atoms with van der Waals surface area (Å²) >= 11 is 0. The smallest absolute Gasteiger partial charge is 0.0997 e. The number of nitrogen functional groups attached to an aromatic ring is 2. The molecule has 0 bridgehead atoms. The maximum atomic E-state index is 9.59. The van der Waals surface area contributed by atoms with Gasteiger partial charge in [-0.05, 0) is 93.0 Å².